The molecule has 6 heteroatoms. The minimum Gasteiger partial charge on any atom is -0.385 e. The van der Waals surface area contributed by atoms with Gasteiger partial charge in [-0.1, -0.05) is 0 Å². The molecule has 0 aliphatic carbocycles. The molecule has 0 aliphatic rings. The predicted octanol–water partition coefficient (Wildman–Crippen LogP) is 2.24. The smallest absolute Gasteiger partial charge is 0.143 e. The maximum absolute atomic E-state index is 5.17. The Morgan fingerprint density at radius 3 is 2.61 bits per heavy atom. The van der Waals surface area contributed by atoms with E-state index in [1.807, 2.05) is 0 Å². The summed E-state index contributed by atoms with van der Waals surface area (Å²) >= 11 is 2.26. The lowest BCUT2D eigenvalue weighted by molar-refractivity contribution is 0.180. The van der Waals surface area contributed by atoms with Gasteiger partial charge in [-0.2, -0.15) is 0 Å². The van der Waals surface area contributed by atoms with Gasteiger partial charge in [0.25, 0.3) is 0 Å². The summed E-state index contributed by atoms with van der Waals surface area (Å²) in [6.45, 7) is 4.14. The number of hydrogen-bond acceptors (Lipinski definition) is 5. The Hall–Kier alpha value is -0.470. The van der Waals surface area contributed by atoms with E-state index in [1.165, 1.54) is 0 Å². The largest absolute Gasteiger partial charge is 0.385 e. The van der Waals surface area contributed by atoms with Crippen molar-refractivity contribution < 1.29 is 9.47 Å². The number of aryl methyl sites for hydroxylation is 1. The molecule has 0 atom stereocenters. The number of rotatable bonds is 8. The van der Waals surface area contributed by atoms with Gasteiger partial charge in [0.2, 0.25) is 0 Å². The maximum Gasteiger partial charge on any atom is 0.143 e. The van der Waals surface area contributed by atoms with Gasteiger partial charge in [0, 0.05) is 33.8 Å². The van der Waals surface area contributed by atoms with Crippen LogP contribution in [0.3, 0.4) is 0 Å². The van der Waals surface area contributed by atoms with Crippen molar-refractivity contribution in [1.29, 1.82) is 0 Å². The molecule has 1 rings (SSSR count). The van der Waals surface area contributed by atoms with E-state index in [0.717, 1.165) is 46.9 Å². The second-order valence-electron chi connectivity index (χ2n) is 3.81. The molecular weight excluding hydrogens is 345 g/mol. The number of nitrogens with one attached hydrogen (secondary N) is 1. The van der Waals surface area contributed by atoms with Crippen LogP contribution in [0.1, 0.15) is 24.9 Å². The van der Waals surface area contributed by atoms with Gasteiger partial charge in [-0.3, -0.25) is 0 Å². The van der Waals surface area contributed by atoms with Gasteiger partial charge in [-0.15, -0.1) is 0 Å². The number of ether oxygens (including phenoxy) is 2. The highest BCUT2D eigenvalue weighted by molar-refractivity contribution is 14.1. The monoisotopic (exact) mass is 365 g/mol. The molecule has 0 bridgehead atoms. The Balaban J connectivity index is 2.88. The molecule has 0 aliphatic heterocycles. The summed E-state index contributed by atoms with van der Waals surface area (Å²) in [7, 11) is 3.38. The number of methoxy groups -OCH3 is 2. The summed E-state index contributed by atoms with van der Waals surface area (Å²) in [5, 5.41) is 3.26. The average molecular weight is 365 g/mol. The van der Waals surface area contributed by atoms with Gasteiger partial charge in [0.05, 0.1) is 15.9 Å². The van der Waals surface area contributed by atoms with Gasteiger partial charge in [-0.05, 0) is 35.9 Å². The molecule has 1 N–H and O–H groups in total. The van der Waals surface area contributed by atoms with Crippen molar-refractivity contribution in [1.82, 2.24) is 9.97 Å². The molecule has 1 aromatic heterocycles. The van der Waals surface area contributed by atoms with E-state index in [4.69, 9.17) is 9.47 Å². The van der Waals surface area contributed by atoms with Crippen LogP contribution in [-0.2, 0) is 22.5 Å². The first kappa shape index (κ1) is 15.6. The SMILES string of the molecule is CCNc1nc(CCCOC)nc(COC)c1I. The molecule has 1 aromatic rings. The fourth-order valence-electron chi connectivity index (χ4n) is 1.55. The lowest BCUT2D eigenvalue weighted by Gasteiger charge is -2.11. The van der Waals surface area contributed by atoms with E-state index < -0.39 is 0 Å². The summed E-state index contributed by atoms with van der Waals surface area (Å²) in [4.78, 5) is 9.07. The van der Waals surface area contributed by atoms with Crippen molar-refractivity contribution in [3.8, 4) is 0 Å². The summed E-state index contributed by atoms with van der Waals surface area (Å²) in [6, 6.07) is 0. The molecule has 0 amide bonds. The highest BCUT2D eigenvalue weighted by Gasteiger charge is 2.11. The molecule has 18 heavy (non-hydrogen) atoms. The predicted molar refractivity (Wildman–Crippen MR) is 79.8 cm³/mol. The Bertz CT molecular complexity index is 347. The van der Waals surface area contributed by atoms with Gasteiger partial charge in [-0.25, -0.2) is 9.97 Å². The third kappa shape index (κ3) is 4.66. The molecule has 0 spiro atoms. The molecule has 0 unspecified atom stereocenters. The standard InChI is InChI=1S/C12H20IN3O2/c1-4-14-12-11(13)9(8-18-3)15-10(16-12)6-5-7-17-2/h4-8H2,1-3H3,(H,14,15,16). The fraction of sp³-hybridized carbons (Fsp3) is 0.667. The van der Waals surface area contributed by atoms with Crippen LogP contribution in [0.15, 0.2) is 0 Å². The molecule has 1 heterocycles. The normalized spacial score (nSPS) is 10.7. The number of anilines is 1. The van der Waals surface area contributed by atoms with Gasteiger partial charge in [0.15, 0.2) is 0 Å². The van der Waals surface area contributed by atoms with Crippen LogP contribution in [0.2, 0.25) is 0 Å². The lowest BCUT2D eigenvalue weighted by Crippen LogP contribution is -2.11. The Kier molecular flexibility index (Phi) is 7.45. The molecule has 5 nitrogen and oxygen atoms in total. The quantitative estimate of drug-likeness (QED) is 0.566. The van der Waals surface area contributed by atoms with Crippen molar-refractivity contribution in [2.75, 3.05) is 32.7 Å². The van der Waals surface area contributed by atoms with Crippen molar-refractivity contribution in [3.05, 3.63) is 15.1 Å². The highest BCUT2D eigenvalue weighted by Crippen LogP contribution is 2.20. The van der Waals surface area contributed by atoms with Gasteiger partial charge < -0.3 is 14.8 Å². The summed E-state index contributed by atoms with van der Waals surface area (Å²) in [5.41, 5.74) is 0.941. The van der Waals surface area contributed by atoms with E-state index in [2.05, 4.69) is 44.8 Å². The van der Waals surface area contributed by atoms with Gasteiger partial charge >= 0.3 is 0 Å². The average Bonchev–Trinajstić information content (AvgIpc) is 2.35. The summed E-state index contributed by atoms with van der Waals surface area (Å²) < 4.78 is 11.3. The summed E-state index contributed by atoms with van der Waals surface area (Å²) in [6.07, 6.45) is 1.74. The summed E-state index contributed by atoms with van der Waals surface area (Å²) in [5.74, 6) is 1.74. The first-order valence-corrected chi connectivity index (χ1v) is 7.07. The minimum absolute atomic E-state index is 0.510. The molecule has 0 aromatic carbocycles. The number of nitrogens with zero attached hydrogens (tertiary/aromatic N) is 2. The Morgan fingerprint density at radius 1 is 1.22 bits per heavy atom. The fourth-order valence-corrected chi connectivity index (χ4v) is 2.14. The van der Waals surface area contributed by atoms with Crippen LogP contribution in [0, 0.1) is 3.57 Å². The zero-order valence-electron chi connectivity index (χ0n) is 11.1. The number of hydrogen-bond donors (Lipinski definition) is 1. The van der Waals surface area contributed by atoms with Crippen molar-refractivity contribution >= 4 is 28.4 Å². The van der Waals surface area contributed by atoms with Crippen LogP contribution in [0.5, 0.6) is 0 Å². The lowest BCUT2D eigenvalue weighted by atomic mass is 10.3. The van der Waals surface area contributed by atoms with E-state index in [1.54, 1.807) is 14.2 Å². The molecule has 0 fully saturated rings. The van der Waals surface area contributed by atoms with Crippen LogP contribution >= 0.6 is 22.6 Å². The van der Waals surface area contributed by atoms with Gasteiger partial charge in [0.1, 0.15) is 11.6 Å². The second-order valence-corrected chi connectivity index (χ2v) is 4.89. The third-order valence-electron chi connectivity index (χ3n) is 2.34. The maximum atomic E-state index is 5.17. The van der Waals surface area contributed by atoms with Crippen molar-refractivity contribution in [2.45, 2.75) is 26.4 Å². The Labute approximate surface area is 122 Å². The number of aromatic nitrogens is 2. The molecular formula is C12H20IN3O2. The number of halogens is 1. The minimum atomic E-state index is 0.510. The van der Waals surface area contributed by atoms with E-state index >= 15 is 0 Å². The van der Waals surface area contributed by atoms with Crippen LogP contribution in [-0.4, -0.2) is 37.3 Å². The van der Waals surface area contributed by atoms with Crippen molar-refractivity contribution in [2.24, 2.45) is 0 Å². The van der Waals surface area contributed by atoms with Crippen LogP contribution in [0.4, 0.5) is 5.82 Å². The molecule has 0 saturated heterocycles. The molecule has 0 radical (unpaired) electrons. The van der Waals surface area contributed by atoms with E-state index in [-0.39, 0.29) is 0 Å². The molecule has 102 valence electrons. The Morgan fingerprint density at radius 2 is 2.00 bits per heavy atom. The molecule has 0 saturated carbocycles. The van der Waals surface area contributed by atoms with Crippen LogP contribution in [0.25, 0.3) is 0 Å². The second kappa shape index (κ2) is 8.60. The van der Waals surface area contributed by atoms with E-state index in [0.29, 0.717) is 6.61 Å². The van der Waals surface area contributed by atoms with Crippen LogP contribution < -0.4 is 5.32 Å². The zero-order chi connectivity index (χ0) is 13.4. The van der Waals surface area contributed by atoms with E-state index in [9.17, 15) is 0 Å². The first-order valence-electron chi connectivity index (χ1n) is 6.00. The highest BCUT2D eigenvalue weighted by atomic mass is 127. The first-order chi connectivity index (χ1) is 8.72. The topological polar surface area (TPSA) is 56.3 Å². The third-order valence-corrected chi connectivity index (χ3v) is 3.47. The zero-order valence-corrected chi connectivity index (χ0v) is 13.3. The van der Waals surface area contributed by atoms with Crippen molar-refractivity contribution in [3.63, 3.8) is 0 Å².